The Morgan fingerprint density at radius 3 is 2.56 bits per heavy atom. The normalized spacial score (nSPS) is 18.1. The number of nitrogens with one attached hydrogen (secondary N) is 3. The molecule has 1 aliphatic heterocycles. The van der Waals surface area contributed by atoms with Gasteiger partial charge in [0, 0.05) is 13.2 Å². The number of hydrogen-bond donors (Lipinski definition) is 4. The van der Waals surface area contributed by atoms with Crippen molar-refractivity contribution in [2.75, 3.05) is 26.2 Å². The van der Waals surface area contributed by atoms with Gasteiger partial charge in [0.2, 0.25) is 5.91 Å². The lowest BCUT2D eigenvalue weighted by molar-refractivity contribution is -0.137. The van der Waals surface area contributed by atoms with E-state index in [4.69, 9.17) is 9.84 Å². The summed E-state index contributed by atoms with van der Waals surface area (Å²) >= 11 is 0. The van der Waals surface area contributed by atoms with Gasteiger partial charge in [0.1, 0.15) is 6.54 Å². The number of carbonyl (C=O) groups excluding carboxylic acids is 2. The summed E-state index contributed by atoms with van der Waals surface area (Å²) in [6.45, 7) is 0.400. The number of carbonyl (C=O) groups is 3. The van der Waals surface area contributed by atoms with E-state index in [1.54, 1.807) is 0 Å². The van der Waals surface area contributed by atoms with Crippen LogP contribution in [-0.2, 0) is 14.3 Å². The molecule has 0 radical (unpaired) electrons. The number of amides is 3. The standard InChI is InChI=1S/C10H17N3O5/c14-8(11-6-9(15)16)5-13-10(17)12-4-7-2-1-3-18-7/h7H,1-6H2,(H,11,14)(H,15,16)(H2,12,13,17). The summed E-state index contributed by atoms with van der Waals surface area (Å²) in [6.07, 6.45) is 1.95. The van der Waals surface area contributed by atoms with Gasteiger partial charge in [-0.05, 0) is 12.8 Å². The third-order valence-corrected chi connectivity index (χ3v) is 2.36. The van der Waals surface area contributed by atoms with E-state index >= 15 is 0 Å². The van der Waals surface area contributed by atoms with Crippen LogP contribution in [0.4, 0.5) is 4.79 Å². The van der Waals surface area contributed by atoms with Gasteiger partial charge in [-0.15, -0.1) is 0 Å². The average Bonchev–Trinajstić information content (AvgIpc) is 2.84. The Labute approximate surface area is 104 Å². The lowest BCUT2D eigenvalue weighted by atomic mass is 10.2. The van der Waals surface area contributed by atoms with E-state index in [1.807, 2.05) is 0 Å². The van der Waals surface area contributed by atoms with Crippen LogP contribution < -0.4 is 16.0 Å². The van der Waals surface area contributed by atoms with Crippen molar-refractivity contribution in [2.45, 2.75) is 18.9 Å². The molecule has 1 aliphatic rings. The second-order valence-electron chi connectivity index (χ2n) is 3.87. The Morgan fingerprint density at radius 1 is 1.17 bits per heavy atom. The minimum Gasteiger partial charge on any atom is -0.480 e. The fourth-order valence-corrected chi connectivity index (χ4v) is 1.47. The van der Waals surface area contributed by atoms with Gasteiger partial charge in [-0.25, -0.2) is 4.79 Å². The van der Waals surface area contributed by atoms with Crippen molar-refractivity contribution >= 4 is 17.9 Å². The first-order chi connectivity index (χ1) is 8.58. The number of hydrogen-bond acceptors (Lipinski definition) is 4. The SMILES string of the molecule is O=C(O)CNC(=O)CNC(=O)NCC1CCCO1. The van der Waals surface area contributed by atoms with Gasteiger partial charge < -0.3 is 25.8 Å². The molecule has 1 saturated heterocycles. The second kappa shape index (κ2) is 7.49. The van der Waals surface area contributed by atoms with Crippen LogP contribution >= 0.6 is 0 Å². The molecular weight excluding hydrogens is 242 g/mol. The highest BCUT2D eigenvalue weighted by Gasteiger charge is 2.16. The quantitative estimate of drug-likeness (QED) is 0.471. The molecule has 8 heteroatoms. The summed E-state index contributed by atoms with van der Waals surface area (Å²) < 4.78 is 5.31. The van der Waals surface area contributed by atoms with Crippen LogP contribution in [0, 0.1) is 0 Å². The molecule has 1 atom stereocenters. The fraction of sp³-hybridized carbons (Fsp3) is 0.700. The zero-order valence-corrected chi connectivity index (χ0v) is 9.90. The number of aliphatic carboxylic acids is 1. The minimum atomic E-state index is -1.13. The summed E-state index contributed by atoms with van der Waals surface area (Å²) in [5, 5.41) is 15.3. The van der Waals surface area contributed by atoms with Gasteiger partial charge >= 0.3 is 12.0 Å². The predicted octanol–water partition coefficient (Wildman–Crippen LogP) is -1.33. The van der Waals surface area contributed by atoms with Crippen molar-refractivity contribution in [2.24, 2.45) is 0 Å². The van der Waals surface area contributed by atoms with Gasteiger partial charge in [0.05, 0.1) is 12.6 Å². The van der Waals surface area contributed by atoms with Crippen LogP contribution in [0.25, 0.3) is 0 Å². The molecule has 0 aromatic carbocycles. The molecule has 1 rings (SSSR count). The maximum atomic E-state index is 11.3. The highest BCUT2D eigenvalue weighted by Crippen LogP contribution is 2.10. The van der Waals surface area contributed by atoms with Crippen LogP contribution in [0.2, 0.25) is 0 Å². The zero-order valence-electron chi connectivity index (χ0n) is 9.90. The van der Waals surface area contributed by atoms with Crippen molar-refractivity contribution in [3.05, 3.63) is 0 Å². The smallest absolute Gasteiger partial charge is 0.322 e. The fourth-order valence-electron chi connectivity index (χ4n) is 1.47. The van der Waals surface area contributed by atoms with Gasteiger partial charge in [0.15, 0.2) is 0 Å². The van der Waals surface area contributed by atoms with Crippen molar-refractivity contribution in [3.63, 3.8) is 0 Å². The first-order valence-electron chi connectivity index (χ1n) is 5.69. The Morgan fingerprint density at radius 2 is 1.94 bits per heavy atom. The van der Waals surface area contributed by atoms with Gasteiger partial charge in [0.25, 0.3) is 0 Å². The Hall–Kier alpha value is -1.83. The molecule has 0 aliphatic carbocycles. The topological polar surface area (TPSA) is 117 Å². The largest absolute Gasteiger partial charge is 0.480 e. The van der Waals surface area contributed by atoms with Crippen LogP contribution in [0.15, 0.2) is 0 Å². The van der Waals surface area contributed by atoms with E-state index in [1.165, 1.54) is 0 Å². The maximum absolute atomic E-state index is 11.3. The molecule has 102 valence electrons. The molecule has 1 unspecified atom stereocenters. The molecule has 0 saturated carbocycles. The summed E-state index contributed by atoms with van der Waals surface area (Å²) in [5.74, 6) is -1.68. The maximum Gasteiger partial charge on any atom is 0.322 e. The van der Waals surface area contributed by atoms with Crippen molar-refractivity contribution in [1.29, 1.82) is 0 Å². The number of rotatable bonds is 6. The number of carboxylic acid groups (broad SMARTS) is 1. The predicted molar refractivity (Wildman–Crippen MR) is 61.0 cm³/mol. The van der Waals surface area contributed by atoms with Crippen LogP contribution in [0.5, 0.6) is 0 Å². The molecule has 1 fully saturated rings. The zero-order chi connectivity index (χ0) is 13.4. The van der Waals surface area contributed by atoms with E-state index in [0.717, 1.165) is 12.8 Å². The van der Waals surface area contributed by atoms with Crippen LogP contribution in [0.1, 0.15) is 12.8 Å². The van der Waals surface area contributed by atoms with E-state index < -0.39 is 24.5 Å². The highest BCUT2D eigenvalue weighted by atomic mass is 16.5. The molecule has 8 nitrogen and oxygen atoms in total. The third kappa shape index (κ3) is 6.04. The first-order valence-corrected chi connectivity index (χ1v) is 5.69. The third-order valence-electron chi connectivity index (χ3n) is 2.36. The van der Waals surface area contributed by atoms with E-state index in [-0.39, 0.29) is 12.6 Å². The van der Waals surface area contributed by atoms with Crippen LogP contribution in [0.3, 0.4) is 0 Å². The molecule has 0 aromatic rings. The van der Waals surface area contributed by atoms with Crippen molar-refractivity contribution in [1.82, 2.24) is 16.0 Å². The summed E-state index contributed by atoms with van der Waals surface area (Å²) in [7, 11) is 0. The molecule has 0 spiro atoms. The van der Waals surface area contributed by atoms with E-state index in [0.29, 0.717) is 13.2 Å². The number of urea groups is 1. The number of ether oxygens (including phenoxy) is 1. The molecule has 0 aromatic heterocycles. The average molecular weight is 259 g/mol. The van der Waals surface area contributed by atoms with Crippen LogP contribution in [-0.4, -0.2) is 55.4 Å². The van der Waals surface area contributed by atoms with Gasteiger partial charge in [-0.1, -0.05) is 0 Å². The second-order valence-corrected chi connectivity index (χ2v) is 3.87. The molecule has 4 N–H and O–H groups in total. The lowest BCUT2D eigenvalue weighted by Crippen LogP contribution is -2.44. The molecule has 0 bridgehead atoms. The Bertz CT molecular complexity index is 315. The van der Waals surface area contributed by atoms with E-state index in [2.05, 4.69) is 16.0 Å². The van der Waals surface area contributed by atoms with Crippen molar-refractivity contribution < 1.29 is 24.2 Å². The first kappa shape index (κ1) is 14.2. The van der Waals surface area contributed by atoms with Gasteiger partial charge in [-0.2, -0.15) is 0 Å². The monoisotopic (exact) mass is 259 g/mol. The molecular formula is C10H17N3O5. The van der Waals surface area contributed by atoms with Gasteiger partial charge in [-0.3, -0.25) is 9.59 Å². The Kier molecular flexibility index (Phi) is 5.92. The van der Waals surface area contributed by atoms with Crippen molar-refractivity contribution in [3.8, 4) is 0 Å². The molecule has 18 heavy (non-hydrogen) atoms. The highest BCUT2D eigenvalue weighted by molar-refractivity contribution is 5.86. The van der Waals surface area contributed by atoms with E-state index in [9.17, 15) is 14.4 Å². The summed E-state index contributed by atoms with van der Waals surface area (Å²) in [5.41, 5.74) is 0. The molecule has 3 amide bonds. The lowest BCUT2D eigenvalue weighted by Gasteiger charge is -2.11. The summed E-state index contributed by atoms with van der Waals surface area (Å²) in [6, 6.07) is -0.476. The molecule has 1 heterocycles. The Balaban J connectivity index is 2.05. The summed E-state index contributed by atoms with van der Waals surface area (Å²) in [4.78, 5) is 32.5. The number of carboxylic acids is 1. The minimum absolute atomic E-state index is 0.0385.